The highest BCUT2D eigenvalue weighted by atomic mass is 16.5. The molecule has 1 aliphatic heterocycles. The van der Waals surface area contributed by atoms with Gasteiger partial charge in [0.1, 0.15) is 5.75 Å². The predicted octanol–water partition coefficient (Wildman–Crippen LogP) is 3.43. The molecule has 33 heavy (non-hydrogen) atoms. The van der Waals surface area contributed by atoms with E-state index in [0.29, 0.717) is 34.8 Å². The van der Waals surface area contributed by atoms with Gasteiger partial charge in [-0.15, -0.1) is 0 Å². The molecule has 2 aromatic carbocycles. The standard InChI is InChI=1S/C25H27NO7/c1-29-18-9-6-16(7-10-18)13-26-14-19(24(27)32-4)23(20(15-26)25(28)33-5)17-8-11-21(30-2)22(12-17)31-3/h6-12,14-15,23H,13H2,1-5H3. The van der Waals surface area contributed by atoms with Crippen molar-refractivity contribution in [2.75, 3.05) is 35.5 Å². The molecule has 0 unspecified atom stereocenters. The van der Waals surface area contributed by atoms with Gasteiger partial charge in [-0.3, -0.25) is 0 Å². The molecule has 0 atom stereocenters. The van der Waals surface area contributed by atoms with Crippen molar-refractivity contribution in [1.82, 2.24) is 4.90 Å². The number of rotatable bonds is 8. The second-order valence-electron chi connectivity index (χ2n) is 7.22. The molecule has 0 bridgehead atoms. The van der Waals surface area contributed by atoms with E-state index in [1.54, 1.807) is 42.6 Å². The van der Waals surface area contributed by atoms with Crippen LogP contribution in [0.25, 0.3) is 0 Å². The van der Waals surface area contributed by atoms with Crippen LogP contribution in [-0.4, -0.2) is 52.4 Å². The molecule has 0 aliphatic carbocycles. The normalized spacial score (nSPS) is 13.5. The molecule has 174 valence electrons. The minimum Gasteiger partial charge on any atom is -0.497 e. The Balaban J connectivity index is 2.07. The first-order valence-corrected chi connectivity index (χ1v) is 10.2. The lowest BCUT2D eigenvalue weighted by Gasteiger charge is -2.30. The summed E-state index contributed by atoms with van der Waals surface area (Å²) in [6, 6.07) is 12.8. The van der Waals surface area contributed by atoms with E-state index in [1.165, 1.54) is 28.4 Å². The van der Waals surface area contributed by atoms with Crippen molar-refractivity contribution in [3.05, 3.63) is 77.1 Å². The van der Waals surface area contributed by atoms with E-state index in [4.69, 9.17) is 23.7 Å². The predicted molar refractivity (Wildman–Crippen MR) is 121 cm³/mol. The summed E-state index contributed by atoms with van der Waals surface area (Å²) < 4.78 is 26.0. The Morgan fingerprint density at radius 3 is 1.82 bits per heavy atom. The van der Waals surface area contributed by atoms with Crippen LogP contribution in [-0.2, 0) is 25.6 Å². The van der Waals surface area contributed by atoms with Crippen LogP contribution in [0.4, 0.5) is 0 Å². The summed E-state index contributed by atoms with van der Waals surface area (Å²) in [5.74, 6) is -0.0677. The SMILES string of the molecule is COC(=O)C1=CN(Cc2ccc(OC)cc2)C=C(C(=O)OC)C1c1ccc(OC)c(OC)c1. The van der Waals surface area contributed by atoms with Gasteiger partial charge in [0.25, 0.3) is 0 Å². The summed E-state index contributed by atoms with van der Waals surface area (Å²) in [5.41, 5.74) is 2.20. The van der Waals surface area contributed by atoms with Crippen molar-refractivity contribution in [2.24, 2.45) is 0 Å². The Kier molecular flexibility index (Phi) is 7.61. The fraction of sp³-hybridized carbons (Fsp3) is 0.280. The summed E-state index contributed by atoms with van der Waals surface area (Å²) in [5, 5.41) is 0. The molecule has 0 fully saturated rings. The minimum atomic E-state index is -0.711. The Morgan fingerprint density at radius 1 is 0.758 bits per heavy atom. The van der Waals surface area contributed by atoms with E-state index >= 15 is 0 Å². The zero-order valence-electron chi connectivity index (χ0n) is 19.3. The van der Waals surface area contributed by atoms with Gasteiger partial charge in [0.05, 0.1) is 52.6 Å². The molecular weight excluding hydrogens is 426 g/mol. The monoisotopic (exact) mass is 453 g/mol. The highest BCUT2D eigenvalue weighted by molar-refractivity contribution is 5.98. The molecule has 0 saturated carbocycles. The zero-order chi connectivity index (χ0) is 24.0. The number of methoxy groups -OCH3 is 5. The van der Waals surface area contributed by atoms with E-state index in [1.807, 2.05) is 24.3 Å². The highest BCUT2D eigenvalue weighted by Gasteiger charge is 2.35. The summed E-state index contributed by atoms with van der Waals surface area (Å²) in [7, 11) is 7.27. The Bertz CT molecular complexity index is 1040. The van der Waals surface area contributed by atoms with E-state index in [2.05, 4.69) is 0 Å². The number of benzene rings is 2. The largest absolute Gasteiger partial charge is 0.497 e. The Labute approximate surface area is 192 Å². The lowest BCUT2D eigenvalue weighted by atomic mass is 9.83. The third kappa shape index (κ3) is 5.11. The summed E-state index contributed by atoms with van der Waals surface area (Å²) in [4.78, 5) is 27.4. The van der Waals surface area contributed by atoms with Crippen molar-refractivity contribution in [1.29, 1.82) is 0 Å². The third-order valence-corrected chi connectivity index (χ3v) is 5.34. The van der Waals surface area contributed by atoms with Crippen molar-refractivity contribution in [2.45, 2.75) is 12.5 Å². The summed E-state index contributed by atoms with van der Waals surface area (Å²) in [6.45, 7) is 0.420. The van der Waals surface area contributed by atoms with Crippen LogP contribution in [0.5, 0.6) is 17.2 Å². The van der Waals surface area contributed by atoms with Gasteiger partial charge in [-0.25, -0.2) is 9.59 Å². The van der Waals surface area contributed by atoms with E-state index in [9.17, 15) is 9.59 Å². The topological polar surface area (TPSA) is 83.5 Å². The van der Waals surface area contributed by atoms with Crippen LogP contribution in [0, 0.1) is 0 Å². The van der Waals surface area contributed by atoms with Gasteiger partial charge >= 0.3 is 11.9 Å². The van der Waals surface area contributed by atoms with Crippen LogP contribution in [0.1, 0.15) is 17.0 Å². The molecule has 3 rings (SSSR count). The first kappa shape index (κ1) is 23.7. The maximum absolute atomic E-state index is 12.8. The molecule has 0 N–H and O–H groups in total. The lowest BCUT2D eigenvalue weighted by Crippen LogP contribution is -2.28. The van der Waals surface area contributed by atoms with E-state index < -0.39 is 17.9 Å². The van der Waals surface area contributed by atoms with Crippen molar-refractivity contribution in [3.8, 4) is 17.2 Å². The van der Waals surface area contributed by atoms with E-state index in [0.717, 1.165) is 11.3 Å². The highest BCUT2D eigenvalue weighted by Crippen LogP contribution is 2.40. The molecule has 1 aliphatic rings. The van der Waals surface area contributed by atoms with Gasteiger partial charge < -0.3 is 28.6 Å². The Hall–Kier alpha value is -3.94. The number of carbonyl (C=O) groups is 2. The molecule has 8 nitrogen and oxygen atoms in total. The number of hydrogen-bond donors (Lipinski definition) is 0. The fourth-order valence-corrected chi connectivity index (χ4v) is 3.71. The van der Waals surface area contributed by atoms with Crippen LogP contribution in [0.3, 0.4) is 0 Å². The molecule has 8 heteroatoms. The maximum atomic E-state index is 12.8. The number of ether oxygens (including phenoxy) is 5. The second-order valence-corrected chi connectivity index (χ2v) is 7.22. The molecule has 0 aromatic heterocycles. The quantitative estimate of drug-likeness (QED) is 0.563. The second kappa shape index (κ2) is 10.6. The molecule has 0 amide bonds. The van der Waals surface area contributed by atoms with Crippen molar-refractivity contribution in [3.63, 3.8) is 0 Å². The van der Waals surface area contributed by atoms with Crippen LogP contribution >= 0.6 is 0 Å². The lowest BCUT2D eigenvalue weighted by molar-refractivity contribution is -0.137. The molecule has 1 heterocycles. The molecule has 0 saturated heterocycles. The number of carbonyl (C=O) groups excluding carboxylic acids is 2. The fourth-order valence-electron chi connectivity index (χ4n) is 3.71. The van der Waals surface area contributed by atoms with Gasteiger partial charge in [-0.05, 0) is 35.4 Å². The van der Waals surface area contributed by atoms with Gasteiger partial charge in [-0.2, -0.15) is 0 Å². The van der Waals surface area contributed by atoms with Crippen molar-refractivity contribution >= 4 is 11.9 Å². The Morgan fingerprint density at radius 2 is 1.33 bits per heavy atom. The number of hydrogen-bond acceptors (Lipinski definition) is 8. The van der Waals surface area contributed by atoms with Crippen LogP contribution in [0.15, 0.2) is 66.0 Å². The minimum absolute atomic E-state index is 0.293. The zero-order valence-corrected chi connectivity index (χ0v) is 19.3. The number of esters is 2. The van der Waals surface area contributed by atoms with Gasteiger partial charge in [0, 0.05) is 18.9 Å². The summed E-state index contributed by atoms with van der Waals surface area (Å²) in [6.07, 6.45) is 3.37. The molecule has 0 spiro atoms. The average Bonchev–Trinajstić information content (AvgIpc) is 2.87. The van der Waals surface area contributed by atoms with Crippen LogP contribution in [0.2, 0.25) is 0 Å². The van der Waals surface area contributed by atoms with Crippen LogP contribution < -0.4 is 14.2 Å². The maximum Gasteiger partial charge on any atom is 0.336 e. The number of nitrogens with zero attached hydrogens (tertiary/aromatic N) is 1. The van der Waals surface area contributed by atoms with Crippen molar-refractivity contribution < 1.29 is 33.3 Å². The van der Waals surface area contributed by atoms with Gasteiger partial charge in [0.15, 0.2) is 11.5 Å². The molecule has 0 radical (unpaired) electrons. The van der Waals surface area contributed by atoms with Gasteiger partial charge in [-0.1, -0.05) is 18.2 Å². The average molecular weight is 453 g/mol. The molecule has 2 aromatic rings. The first-order chi connectivity index (χ1) is 15.9. The summed E-state index contributed by atoms with van der Waals surface area (Å²) >= 11 is 0. The smallest absolute Gasteiger partial charge is 0.336 e. The van der Waals surface area contributed by atoms with E-state index in [-0.39, 0.29) is 0 Å². The third-order valence-electron chi connectivity index (χ3n) is 5.34. The molecular formula is C25H27NO7. The van der Waals surface area contributed by atoms with Gasteiger partial charge in [0.2, 0.25) is 0 Å². The first-order valence-electron chi connectivity index (χ1n) is 10.2.